The van der Waals surface area contributed by atoms with Crippen LogP contribution in [0.2, 0.25) is 0 Å². The molecule has 0 aliphatic heterocycles. The highest BCUT2D eigenvalue weighted by molar-refractivity contribution is 5.34. The molecular formula is C11H14N4. The van der Waals surface area contributed by atoms with Crippen LogP contribution < -0.4 is 5.32 Å². The smallest absolute Gasteiger partial charge is 0.142 e. The first kappa shape index (κ1) is 9.86. The molecule has 2 aromatic heterocycles. The number of aryl methyl sites for hydroxylation is 1. The second kappa shape index (κ2) is 4.23. The molecule has 15 heavy (non-hydrogen) atoms. The number of nitrogens with zero attached hydrogens (tertiary/aromatic N) is 3. The average Bonchev–Trinajstić information content (AvgIpc) is 2.66. The van der Waals surface area contributed by atoms with E-state index < -0.39 is 0 Å². The Labute approximate surface area is 89.0 Å². The van der Waals surface area contributed by atoms with Crippen LogP contribution in [0.15, 0.2) is 30.7 Å². The van der Waals surface area contributed by atoms with E-state index in [2.05, 4.69) is 21.4 Å². The summed E-state index contributed by atoms with van der Waals surface area (Å²) in [7, 11) is 1.93. The van der Waals surface area contributed by atoms with E-state index in [-0.39, 0.29) is 0 Å². The Morgan fingerprint density at radius 3 is 2.87 bits per heavy atom. The van der Waals surface area contributed by atoms with Crippen LogP contribution in [-0.2, 0) is 6.54 Å². The molecule has 0 aliphatic carbocycles. The Morgan fingerprint density at radius 1 is 1.33 bits per heavy atom. The topological polar surface area (TPSA) is 42.7 Å². The SMILES string of the molecule is CNCc1cccnc1-n1ccnc1C. The van der Waals surface area contributed by atoms with Gasteiger partial charge in [-0.2, -0.15) is 0 Å². The summed E-state index contributed by atoms with van der Waals surface area (Å²) in [5, 5.41) is 3.13. The van der Waals surface area contributed by atoms with Crippen molar-refractivity contribution in [2.45, 2.75) is 13.5 Å². The molecule has 2 aromatic rings. The van der Waals surface area contributed by atoms with Crippen molar-refractivity contribution < 1.29 is 0 Å². The van der Waals surface area contributed by atoms with E-state index in [1.165, 1.54) is 5.56 Å². The molecule has 0 atom stereocenters. The van der Waals surface area contributed by atoms with Crippen LogP contribution in [0, 0.1) is 6.92 Å². The molecule has 1 N–H and O–H groups in total. The summed E-state index contributed by atoms with van der Waals surface area (Å²) in [5.74, 6) is 1.90. The Bertz CT molecular complexity index is 447. The van der Waals surface area contributed by atoms with Crippen LogP contribution in [0.4, 0.5) is 0 Å². The molecule has 0 radical (unpaired) electrons. The molecule has 2 heterocycles. The van der Waals surface area contributed by atoms with Gasteiger partial charge in [0.2, 0.25) is 0 Å². The monoisotopic (exact) mass is 202 g/mol. The third-order valence-electron chi connectivity index (χ3n) is 2.29. The highest BCUT2D eigenvalue weighted by Crippen LogP contribution is 2.12. The summed E-state index contributed by atoms with van der Waals surface area (Å²) in [4.78, 5) is 8.58. The van der Waals surface area contributed by atoms with Gasteiger partial charge in [-0.05, 0) is 20.0 Å². The Hall–Kier alpha value is -1.68. The van der Waals surface area contributed by atoms with Crippen molar-refractivity contribution in [3.63, 3.8) is 0 Å². The predicted octanol–water partition coefficient (Wildman–Crippen LogP) is 1.30. The summed E-state index contributed by atoms with van der Waals surface area (Å²) in [6.45, 7) is 2.78. The van der Waals surface area contributed by atoms with Gasteiger partial charge in [-0.1, -0.05) is 6.07 Å². The predicted molar refractivity (Wildman–Crippen MR) is 58.9 cm³/mol. The fourth-order valence-electron chi connectivity index (χ4n) is 1.58. The number of aromatic nitrogens is 3. The molecule has 0 fully saturated rings. The van der Waals surface area contributed by atoms with E-state index in [9.17, 15) is 0 Å². The van der Waals surface area contributed by atoms with Crippen molar-refractivity contribution in [3.05, 3.63) is 42.1 Å². The summed E-state index contributed by atoms with van der Waals surface area (Å²) < 4.78 is 1.99. The van der Waals surface area contributed by atoms with Crippen molar-refractivity contribution in [2.24, 2.45) is 0 Å². The van der Waals surface area contributed by atoms with Crippen molar-refractivity contribution >= 4 is 0 Å². The summed E-state index contributed by atoms with van der Waals surface area (Å²) in [6.07, 6.45) is 5.51. The number of rotatable bonds is 3. The number of hydrogen-bond acceptors (Lipinski definition) is 3. The fourth-order valence-corrected chi connectivity index (χ4v) is 1.58. The third kappa shape index (κ3) is 1.89. The molecule has 2 rings (SSSR count). The van der Waals surface area contributed by atoms with Crippen molar-refractivity contribution in [3.8, 4) is 5.82 Å². The van der Waals surface area contributed by atoms with E-state index in [1.54, 1.807) is 12.4 Å². The molecule has 0 amide bonds. The van der Waals surface area contributed by atoms with E-state index in [0.29, 0.717) is 0 Å². The standard InChI is InChI=1S/C11H14N4/c1-9-13-6-7-15(9)11-10(8-12-2)4-3-5-14-11/h3-7,12H,8H2,1-2H3. The highest BCUT2D eigenvalue weighted by Gasteiger charge is 2.06. The van der Waals surface area contributed by atoms with Gasteiger partial charge in [0.25, 0.3) is 0 Å². The Balaban J connectivity index is 2.48. The van der Waals surface area contributed by atoms with Crippen molar-refractivity contribution in [1.29, 1.82) is 0 Å². The number of imidazole rings is 1. The molecule has 0 unspecified atom stereocenters. The van der Waals surface area contributed by atoms with E-state index in [4.69, 9.17) is 0 Å². The van der Waals surface area contributed by atoms with Gasteiger partial charge < -0.3 is 5.32 Å². The van der Waals surface area contributed by atoms with Gasteiger partial charge in [-0.15, -0.1) is 0 Å². The lowest BCUT2D eigenvalue weighted by Gasteiger charge is -2.09. The van der Waals surface area contributed by atoms with E-state index >= 15 is 0 Å². The first-order chi connectivity index (χ1) is 7.33. The molecular weight excluding hydrogens is 188 g/mol. The Kier molecular flexibility index (Phi) is 2.78. The van der Waals surface area contributed by atoms with Gasteiger partial charge in [0, 0.05) is 30.7 Å². The van der Waals surface area contributed by atoms with Crippen molar-refractivity contribution in [1.82, 2.24) is 19.9 Å². The largest absolute Gasteiger partial charge is 0.316 e. The minimum absolute atomic E-state index is 0.806. The summed E-state index contributed by atoms with van der Waals surface area (Å²) in [6, 6.07) is 4.01. The summed E-state index contributed by atoms with van der Waals surface area (Å²) in [5.41, 5.74) is 1.17. The maximum atomic E-state index is 4.38. The van der Waals surface area contributed by atoms with Gasteiger partial charge in [-0.3, -0.25) is 4.57 Å². The maximum absolute atomic E-state index is 4.38. The minimum atomic E-state index is 0.806. The normalized spacial score (nSPS) is 10.5. The molecule has 0 saturated heterocycles. The van der Waals surface area contributed by atoms with Crippen LogP contribution in [0.25, 0.3) is 5.82 Å². The highest BCUT2D eigenvalue weighted by atomic mass is 15.1. The first-order valence-corrected chi connectivity index (χ1v) is 4.91. The molecule has 4 nitrogen and oxygen atoms in total. The molecule has 0 bridgehead atoms. The number of nitrogens with one attached hydrogen (secondary N) is 1. The Morgan fingerprint density at radius 2 is 2.20 bits per heavy atom. The second-order valence-electron chi connectivity index (χ2n) is 3.36. The maximum Gasteiger partial charge on any atom is 0.142 e. The zero-order chi connectivity index (χ0) is 10.7. The van der Waals surface area contributed by atoms with Crippen LogP contribution in [-0.4, -0.2) is 21.6 Å². The van der Waals surface area contributed by atoms with Crippen LogP contribution in [0.5, 0.6) is 0 Å². The zero-order valence-corrected chi connectivity index (χ0v) is 8.94. The van der Waals surface area contributed by atoms with Crippen LogP contribution in [0.3, 0.4) is 0 Å². The lowest BCUT2D eigenvalue weighted by atomic mass is 10.2. The molecule has 0 aliphatic rings. The van der Waals surface area contributed by atoms with Crippen molar-refractivity contribution in [2.75, 3.05) is 7.05 Å². The van der Waals surface area contributed by atoms with E-state index in [1.807, 2.05) is 30.8 Å². The molecule has 0 saturated carbocycles. The molecule has 0 spiro atoms. The van der Waals surface area contributed by atoms with Crippen LogP contribution >= 0.6 is 0 Å². The van der Waals surface area contributed by atoms with Gasteiger partial charge in [0.15, 0.2) is 0 Å². The molecule has 0 aromatic carbocycles. The number of hydrogen-bond donors (Lipinski definition) is 1. The molecule has 4 heteroatoms. The van der Waals surface area contributed by atoms with E-state index in [0.717, 1.165) is 18.2 Å². The molecule has 78 valence electrons. The second-order valence-corrected chi connectivity index (χ2v) is 3.36. The van der Waals surface area contributed by atoms with Gasteiger partial charge >= 0.3 is 0 Å². The minimum Gasteiger partial charge on any atom is -0.316 e. The lowest BCUT2D eigenvalue weighted by Crippen LogP contribution is -2.10. The van der Waals surface area contributed by atoms with Gasteiger partial charge in [-0.25, -0.2) is 9.97 Å². The lowest BCUT2D eigenvalue weighted by molar-refractivity contribution is 0.792. The van der Waals surface area contributed by atoms with Gasteiger partial charge in [0.1, 0.15) is 11.6 Å². The first-order valence-electron chi connectivity index (χ1n) is 4.91. The fraction of sp³-hybridized carbons (Fsp3) is 0.273. The quantitative estimate of drug-likeness (QED) is 0.815. The number of pyridine rings is 1. The zero-order valence-electron chi connectivity index (χ0n) is 8.94. The average molecular weight is 202 g/mol. The third-order valence-corrected chi connectivity index (χ3v) is 2.29. The van der Waals surface area contributed by atoms with Gasteiger partial charge in [0.05, 0.1) is 0 Å². The van der Waals surface area contributed by atoms with Crippen LogP contribution in [0.1, 0.15) is 11.4 Å². The summed E-state index contributed by atoms with van der Waals surface area (Å²) >= 11 is 0.